The lowest BCUT2D eigenvalue weighted by Crippen LogP contribution is -2.54. The molecule has 3 aromatic rings. The average Bonchev–Trinajstić information content (AvgIpc) is 3.37. The first-order valence-corrected chi connectivity index (χ1v) is 12.9. The number of aryl methyl sites for hydroxylation is 3. The number of rotatable bonds is 5. The molecule has 0 unspecified atom stereocenters. The van der Waals surface area contributed by atoms with Gasteiger partial charge in [-0.2, -0.15) is 5.01 Å². The molecule has 2 amide bonds. The molecule has 0 radical (unpaired) electrons. The summed E-state index contributed by atoms with van der Waals surface area (Å²) in [4.78, 5) is 40.8. The van der Waals surface area contributed by atoms with Gasteiger partial charge in [-0.25, -0.2) is 4.79 Å². The van der Waals surface area contributed by atoms with Crippen molar-refractivity contribution in [2.24, 2.45) is 0 Å². The fourth-order valence-electron chi connectivity index (χ4n) is 6.34. The molecule has 0 spiro atoms. The number of nitrogens with zero attached hydrogens (tertiary/aromatic N) is 2. The van der Waals surface area contributed by atoms with Crippen LogP contribution in [0, 0.1) is 20.8 Å². The first kappa shape index (κ1) is 25.7. The Bertz CT molecular complexity index is 1370. The number of hydrogen-bond donors (Lipinski definition) is 1. The molecule has 0 bridgehead atoms. The monoisotopic (exact) mass is 511 g/mol. The second-order valence-electron chi connectivity index (χ2n) is 10.5. The molecule has 2 aliphatic rings. The van der Waals surface area contributed by atoms with Gasteiger partial charge in [0.05, 0.1) is 19.2 Å². The average molecular weight is 512 g/mol. The van der Waals surface area contributed by atoms with Gasteiger partial charge in [0.15, 0.2) is 5.54 Å². The number of esters is 1. The van der Waals surface area contributed by atoms with Crippen molar-refractivity contribution in [3.05, 3.63) is 106 Å². The molecule has 38 heavy (non-hydrogen) atoms. The molecule has 0 saturated carbocycles. The highest BCUT2D eigenvalue weighted by Crippen LogP contribution is 2.53. The molecule has 0 aliphatic carbocycles. The Balaban J connectivity index is 1.68. The largest absolute Gasteiger partial charge is 0.467 e. The number of fused-ring (bicyclic) bond motifs is 1. The Kier molecular flexibility index (Phi) is 6.57. The highest BCUT2D eigenvalue weighted by molar-refractivity contribution is 6.00. The highest BCUT2D eigenvalue weighted by Gasteiger charge is 2.65. The predicted molar refractivity (Wildman–Crippen MR) is 144 cm³/mol. The molecule has 0 aromatic heterocycles. The van der Waals surface area contributed by atoms with Crippen molar-refractivity contribution in [2.75, 3.05) is 7.11 Å². The molecule has 4 atom stereocenters. The van der Waals surface area contributed by atoms with Crippen molar-refractivity contribution >= 4 is 17.8 Å². The number of methoxy groups -OCH3 is 1. The quantitative estimate of drug-likeness (QED) is 0.507. The summed E-state index contributed by atoms with van der Waals surface area (Å²) in [5.74, 6) is -1.16. The first-order valence-electron chi connectivity index (χ1n) is 12.9. The third-order valence-electron chi connectivity index (χ3n) is 7.84. The zero-order valence-electron chi connectivity index (χ0n) is 22.4. The summed E-state index contributed by atoms with van der Waals surface area (Å²) in [5, 5.41) is 6.56. The normalized spacial score (nSPS) is 24.8. The lowest BCUT2D eigenvalue weighted by molar-refractivity contribution is -0.166. The van der Waals surface area contributed by atoms with Crippen molar-refractivity contribution in [1.82, 2.24) is 15.3 Å². The second kappa shape index (κ2) is 9.72. The minimum Gasteiger partial charge on any atom is -0.467 e. The maximum Gasteiger partial charge on any atom is 0.333 e. The Hall–Kier alpha value is -3.97. The summed E-state index contributed by atoms with van der Waals surface area (Å²) in [5.41, 5.74) is 4.53. The highest BCUT2D eigenvalue weighted by atomic mass is 16.5. The van der Waals surface area contributed by atoms with Crippen LogP contribution in [0.25, 0.3) is 0 Å². The third-order valence-corrected chi connectivity index (χ3v) is 7.84. The maximum absolute atomic E-state index is 14.2. The number of nitrogens with one attached hydrogen (secondary N) is 1. The molecular formula is C31H33N3O4. The van der Waals surface area contributed by atoms with Gasteiger partial charge in [-0.1, -0.05) is 66.2 Å². The van der Waals surface area contributed by atoms with Gasteiger partial charge in [0, 0.05) is 12.0 Å². The minimum atomic E-state index is -1.24. The van der Waals surface area contributed by atoms with E-state index in [2.05, 4.69) is 38.2 Å². The van der Waals surface area contributed by atoms with E-state index in [1.54, 1.807) is 36.2 Å². The van der Waals surface area contributed by atoms with Gasteiger partial charge in [0.1, 0.15) is 6.04 Å². The van der Waals surface area contributed by atoms with Crippen molar-refractivity contribution in [2.45, 2.75) is 57.8 Å². The van der Waals surface area contributed by atoms with E-state index in [-0.39, 0.29) is 17.9 Å². The Morgan fingerprint density at radius 3 is 2.11 bits per heavy atom. The van der Waals surface area contributed by atoms with Crippen LogP contribution in [0.5, 0.6) is 0 Å². The summed E-state index contributed by atoms with van der Waals surface area (Å²) < 4.78 is 5.24. The number of hydrazine groups is 1. The molecule has 196 valence electrons. The standard InChI is InChI=1S/C31H33N3O4/c1-19-16-20(2)25(21(3)17-19)24-18-31(4,30(37)38-5)34-29(36)26(32-28(35)23-14-10-7-11-15-23)27(33(24)34)22-12-8-6-9-13-22/h6-17,24,26-27H,18H2,1-5H3,(H,32,35)/t24-,26-,27-,31-/m1/s1. The second-order valence-corrected chi connectivity index (χ2v) is 10.5. The van der Waals surface area contributed by atoms with Gasteiger partial charge >= 0.3 is 5.97 Å². The summed E-state index contributed by atoms with van der Waals surface area (Å²) in [6, 6.07) is 21.1. The Morgan fingerprint density at radius 1 is 0.947 bits per heavy atom. The van der Waals surface area contributed by atoms with Crippen LogP contribution in [0.3, 0.4) is 0 Å². The van der Waals surface area contributed by atoms with Gasteiger partial charge in [0.25, 0.3) is 11.8 Å². The smallest absolute Gasteiger partial charge is 0.333 e. The van der Waals surface area contributed by atoms with Gasteiger partial charge in [-0.15, -0.1) is 0 Å². The van der Waals surface area contributed by atoms with Crippen LogP contribution in [0.1, 0.15) is 63.6 Å². The predicted octanol–water partition coefficient (Wildman–Crippen LogP) is 4.59. The van der Waals surface area contributed by atoms with E-state index in [4.69, 9.17) is 4.74 Å². The van der Waals surface area contributed by atoms with Gasteiger partial charge in [0.2, 0.25) is 0 Å². The number of carbonyl (C=O) groups is 3. The topological polar surface area (TPSA) is 79.0 Å². The van der Waals surface area contributed by atoms with Crippen LogP contribution in [0.15, 0.2) is 72.8 Å². The zero-order valence-corrected chi connectivity index (χ0v) is 22.4. The van der Waals surface area contributed by atoms with E-state index >= 15 is 0 Å². The SMILES string of the molecule is COC(=O)[C@@]1(C)C[C@H](c2c(C)cc(C)cc2C)N2[C@H](c3ccccc3)[C@@H](NC(=O)c3ccccc3)C(=O)N21. The van der Waals surface area contributed by atoms with E-state index in [0.717, 1.165) is 27.8 Å². The van der Waals surface area contributed by atoms with Crippen molar-refractivity contribution < 1.29 is 19.1 Å². The molecule has 5 rings (SSSR count). The van der Waals surface area contributed by atoms with Crippen molar-refractivity contribution in [3.8, 4) is 0 Å². The summed E-state index contributed by atoms with van der Waals surface area (Å²) in [6.07, 6.45) is 0.374. The van der Waals surface area contributed by atoms with Crippen LogP contribution >= 0.6 is 0 Å². The van der Waals surface area contributed by atoms with Crippen molar-refractivity contribution in [1.29, 1.82) is 0 Å². The molecule has 1 N–H and O–H groups in total. The van der Waals surface area contributed by atoms with Crippen LogP contribution in [0.2, 0.25) is 0 Å². The molecule has 2 saturated heterocycles. The molecule has 2 aliphatic heterocycles. The number of benzene rings is 3. The van der Waals surface area contributed by atoms with E-state index in [1.807, 2.05) is 41.4 Å². The van der Waals surface area contributed by atoms with Crippen molar-refractivity contribution in [3.63, 3.8) is 0 Å². The summed E-state index contributed by atoms with van der Waals surface area (Å²) >= 11 is 0. The van der Waals surface area contributed by atoms with Crippen LogP contribution in [-0.4, -0.2) is 46.5 Å². The Morgan fingerprint density at radius 2 is 1.53 bits per heavy atom. The molecule has 7 nitrogen and oxygen atoms in total. The number of carbonyl (C=O) groups excluding carboxylic acids is 3. The van der Waals surface area contributed by atoms with E-state index < -0.39 is 23.6 Å². The van der Waals surface area contributed by atoms with Crippen LogP contribution in [0.4, 0.5) is 0 Å². The fraction of sp³-hybridized carbons (Fsp3) is 0.323. The van der Waals surface area contributed by atoms with Gasteiger partial charge in [-0.05, 0) is 62.1 Å². The first-order chi connectivity index (χ1) is 18.2. The summed E-state index contributed by atoms with van der Waals surface area (Å²) in [7, 11) is 1.34. The number of amides is 2. The number of hydrogen-bond acceptors (Lipinski definition) is 5. The van der Waals surface area contributed by atoms with Gasteiger partial charge in [-0.3, -0.25) is 14.6 Å². The molecule has 2 heterocycles. The van der Waals surface area contributed by atoms with E-state index in [0.29, 0.717) is 12.0 Å². The Labute approximate surface area is 223 Å². The molecule has 3 aromatic carbocycles. The lowest BCUT2D eigenvalue weighted by atomic mass is 9.85. The third kappa shape index (κ3) is 4.07. The number of ether oxygens (including phenoxy) is 1. The molecular weight excluding hydrogens is 478 g/mol. The van der Waals surface area contributed by atoms with Crippen LogP contribution < -0.4 is 5.32 Å². The molecule has 2 fully saturated rings. The van der Waals surface area contributed by atoms with Gasteiger partial charge < -0.3 is 10.1 Å². The minimum absolute atomic E-state index is 0.285. The van der Waals surface area contributed by atoms with E-state index in [9.17, 15) is 14.4 Å². The molecule has 7 heteroatoms. The lowest BCUT2D eigenvalue weighted by Gasteiger charge is -2.35. The van der Waals surface area contributed by atoms with Crippen LogP contribution in [-0.2, 0) is 14.3 Å². The summed E-state index contributed by atoms with van der Waals surface area (Å²) in [6.45, 7) is 7.95. The zero-order chi connectivity index (χ0) is 27.2. The maximum atomic E-state index is 14.2. The fourth-order valence-corrected chi connectivity index (χ4v) is 6.34. The van der Waals surface area contributed by atoms with E-state index in [1.165, 1.54) is 7.11 Å².